The molecule has 0 radical (unpaired) electrons. The molecule has 10 saturated carbocycles. The molecular formula is C60H110. The third kappa shape index (κ3) is 7.09. The van der Waals surface area contributed by atoms with Crippen molar-refractivity contribution in [2.24, 2.45) is 81.2 Å². The third-order valence-electron chi connectivity index (χ3n) is 24.5. The minimum absolute atomic E-state index is 0.612. The second-order valence-electron chi connectivity index (χ2n) is 31.2. The quantitative estimate of drug-likeness (QED) is 0.228. The fraction of sp³-hybridized carbons (Fsp3) is 1.00. The third-order valence-corrected chi connectivity index (χ3v) is 24.5. The second-order valence-corrected chi connectivity index (χ2v) is 31.2. The van der Waals surface area contributed by atoms with Gasteiger partial charge in [-0.05, 0) is 178 Å². The van der Waals surface area contributed by atoms with Crippen LogP contribution in [0.1, 0.15) is 299 Å². The molecule has 350 valence electrons. The van der Waals surface area contributed by atoms with E-state index in [-0.39, 0.29) is 0 Å². The molecule has 0 heteroatoms. The highest BCUT2D eigenvalue weighted by Gasteiger charge is 2.71. The van der Waals surface area contributed by atoms with Gasteiger partial charge in [0.15, 0.2) is 0 Å². The molecule has 0 atom stereocenters. The first kappa shape index (κ1) is 49.4. The van der Waals surface area contributed by atoms with Gasteiger partial charge in [0.2, 0.25) is 0 Å². The molecule has 0 N–H and O–H groups in total. The Morgan fingerprint density at radius 3 is 0.400 bits per heavy atom. The molecule has 10 rings (SSSR count). The van der Waals surface area contributed by atoms with Gasteiger partial charge in [0, 0.05) is 0 Å². The Morgan fingerprint density at radius 1 is 0.150 bits per heavy atom. The molecule has 0 amide bonds. The molecule has 5 spiro atoms. The summed E-state index contributed by atoms with van der Waals surface area (Å²) in [5.41, 5.74) is 9.93. The molecule has 0 bridgehead atoms. The molecule has 10 aliphatic rings. The van der Waals surface area contributed by atoms with Gasteiger partial charge >= 0.3 is 0 Å². The predicted octanol–water partition coefficient (Wildman–Crippen LogP) is 20.0. The van der Waals surface area contributed by atoms with E-state index >= 15 is 0 Å². The van der Waals surface area contributed by atoms with Crippen molar-refractivity contribution in [3.63, 3.8) is 0 Å². The summed E-state index contributed by atoms with van der Waals surface area (Å²) in [7, 11) is 0. The monoisotopic (exact) mass is 831 g/mol. The minimum atomic E-state index is 0.612. The Kier molecular flexibility index (Phi) is 12.4. The zero-order valence-corrected chi connectivity index (χ0v) is 45.2. The molecule has 0 saturated heterocycles. The highest BCUT2D eigenvalue weighted by Crippen LogP contribution is 2.80. The van der Waals surface area contributed by atoms with Crippen molar-refractivity contribution in [3.05, 3.63) is 0 Å². The van der Waals surface area contributed by atoms with Crippen LogP contribution in [0.2, 0.25) is 0 Å². The number of hydrogen-bond donors (Lipinski definition) is 0. The Balaban J connectivity index is 0.000000126. The van der Waals surface area contributed by atoms with E-state index in [9.17, 15) is 0 Å². The summed E-state index contributed by atoms with van der Waals surface area (Å²) in [6.45, 7) is 49.4. The van der Waals surface area contributed by atoms with E-state index in [1.165, 1.54) is 161 Å². The summed E-state index contributed by atoms with van der Waals surface area (Å²) < 4.78 is 0. The SMILES string of the molecule is CC1(C)CC(C)(C)C12CC2.CC1(C)CC(C)(C)C12CCC2.CC1(C)CC(C)(C)C12CCCC2.CC1(C)CC(C)(C)C12CCCCC2.CC1(C)CC(C)(C)C12CCCCCC2. The zero-order valence-electron chi connectivity index (χ0n) is 45.2. The van der Waals surface area contributed by atoms with Crippen LogP contribution in [0.4, 0.5) is 0 Å². The van der Waals surface area contributed by atoms with Gasteiger partial charge < -0.3 is 0 Å². The topological polar surface area (TPSA) is 0 Å². The van der Waals surface area contributed by atoms with Crippen LogP contribution >= 0.6 is 0 Å². The maximum atomic E-state index is 2.50. The standard InChI is InChI=1S/C14H26.C13H24.C12H22.C11H20.C10H18/c1-12(2)11-13(3,4)14(12)9-7-5-6-8-10-14;1-11(2)10-12(3,4)13(11)8-6-5-7-9-13;1-10(2)9-11(3,4)12(10)7-5-6-8-12;1-9(2)8-10(3,4)11(9)6-5-7-11;1-8(2)7-9(3,4)10(8)5-6-10/h5-11H2,1-4H3;5-10H2,1-4H3;5-9H2,1-4H3;5-8H2,1-4H3;5-7H2,1-4H3. The summed E-state index contributed by atoms with van der Waals surface area (Å²) in [5, 5.41) is 0. The first-order valence-corrected chi connectivity index (χ1v) is 27.1. The minimum Gasteiger partial charge on any atom is -0.0593 e. The van der Waals surface area contributed by atoms with Gasteiger partial charge in [0.25, 0.3) is 0 Å². The van der Waals surface area contributed by atoms with Crippen molar-refractivity contribution in [2.45, 2.75) is 299 Å². The normalized spacial score (nSPS) is 35.0. The van der Waals surface area contributed by atoms with Crippen LogP contribution in [0.3, 0.4) is 0 Å². The molecule has 0 nitrogen and oxygen atoms in total. The predicted molar refractivity (Wildman–Crippen MR) is 265 cm³/mol. The van der Waals surface area contributed by atoms with Crippen molar-refractivity contribution >= 4 is 0 Å². The highest BCUT2D eigenvalue weighted by atomic mass is 14.8. The van der Waals surface area contributed by atoms with Crippen LogP contribution < -0.4 is 0 Å². The zero-order chi connectivity index (χ0) is 45.2. The maximum Gasteiger partial charge on any atom is -0.0194 e. The lowest BCUT2D eigenvalue weighted by Crippen LogP contribution is -2.64. The Hall–Kier alpha value is 0. The van der Waals surface area contributed by atoms with Crippen LogP contribution in [0.5, 0.6) is 0 Å². The van der Waals surface area contributed by atoms with E-state index in [1.54, 1.807) is 0 Å². The van der Waals surface area contributed by atoms with E-state index < -0.39 is 0 Å². The van der Waals surface area contributed by atoms with Crippen LogP contribution in [0, 0.1) is 81.2 Å². The van der Waals surface area contributed by atoms with Gasteiger partial charge in [-0.2, -0.15) is 0 Å². The van der Waals surface area contributed by atoms with Crippen LogP contribution in [0.15, 0.2) is 0 Å². The van der Waals surface area contributed by atoms with Gasteiger partial charge in [-0.25, -0.2) is 0 Å². The van der Waals surface area contributed by atoms with E-state index in [4.69, 9.17) is 0 Å². The largest absolute Gasteiger partial charge is 0.0593 e. The smallest absolute Gasteiger partial charge is 0.0194 e. The van der Waals surface area contributed by atoms with Gasteiger partial charge in [-0.15, -0.1) is 0 Å². The lowest BCUT2D eigenvalue weighted by molar-refractivity contribution is -0.229. The van der Waals surface area contributed by atoms with Crippen molar-refractivity contribution < 1.29 is 0 Å². The van der Waals surface area contributed by atoms with Gasteiger partial charge in [-0.1, -0.05) is 203 Å². The first-order chi connectivity index (χ1) is 27.1. The van der Waals surface area contributed by atoms with E-state index in [0.29, 0.717) is 70.4 Å². The molecule has 0 heterocycles. The van der Waals surface area contributed by atoms with Gasteiger partial charge in [-0.3, -0.25) is 0 Å². The number of rotatable bonds is 0. The fourth-order valence-corrected chi connectivity index (χ4v) is 22.2. The summed E-state index contributed by atoms with van der Waals surface area (Å²) in [6, 6.07) is 0. The summed E-state index contributed by atoms with van der Waals surface area (Å²) >= 11 is 0. The average molecular weight is 832 g/mol. The molecule has 0 aromatic carbocycles. The molecule has 60 heavy (non-hydrogen) atoms. The van der Waals surface area contributed by atoms with Crippen LogP contribution in [0.25, 0.3) is 0 Å². The lowest BCUT2D eigenvalue weighted by Gasteiger charge is -2.72. The van der Waals surface area contributed by atoms with E-state index in [0.717, 1.165) is 10.8 Å². The van der Waals surface area contributed by atoms with Gasteiger partial charge in [0.05, 0.1) is 0 Å². The maximum absolute atomic E-state index is 2.50. The molecule has 0 aromatic rings. The first-order valence-electron chi connectivity index (χ1n) is 27.1. The summed E-state index contributed by atoms with van der Waals surface area (Å²) in [4.78, 5) is 0. The van der Waals surface area contributed by atoms with Crippen LogP contribution in [-0.2, 0) is 0 Å². The van der Waals surface area contributed by atoms with Gasteiger partial charge in [0.1, 0.15) is 0 Å². The van der Waals surface area contributed by atoms with E-state index in [2.05, 4.69) is 138 Å². The Morgan fingerprint density at radius 2 is 0.283 bits per heavy atom. The summed E-state index contributed by atoms with van der Waals surface area (Å²) in [5.74, 6) is 0. The Bertz CT molecular complexity index is 1420. The van der Waals surface area contributed by atoms with Crippen molar-refractivity contribution in [1.29, 1.82) is 0 Å². The molecule has 0 unspecified atom stereocenters. The number of hydrogen-bond acceptors (Lipinski definition) is 0. The highest BCUT2D eigenvalue weighted by molar-refractivity contribution is 5.21. The molecule has 10 fully saturated rings. The molecule has 0 aliphatic heterocycles. The Labute approximate surface area is 378 Å². The fourth-order valence-electron chi connectivity index (χ4n) is 22.2. The van der Waals surface area contributed by atoms with Crippen molar-refractivity contribution in [3.8, 4) is 0 Å². The average Bonchev–Trinajstić information content (AvgIpc) is 3.82. The second kappa shape index (κ2) is 15.0. The van der Waals surface area contributed by atoms with Crippen molar-refractivity contribution in [1.82, 2.24) is 0 Å². The summed E-state index contributed by atoms with van der Waals surface area (Å²) in [6.07, 6.45) is 36.9. The lowest BCUT2D eigenvalue weighted by atomic mass is 9.32. The van der Waals surface area contributed by atoms with Crippen molar-refractivity contribution in [2.75, 3.05) is 0 Å². The molecular weight excluding hydrogens is 721 g/mol. The van der Waals surface area contributed by atoms with Crippen LogP contribution in [-0.4, -0.2) is 0 Å². The molecule has 0 aromatic heterocycles. The molecule has 10 aliphatic carbocycles. The van der Waals surface area contributed by atoms with E-state index in [1.807, 2.05) is 0 Å².